The summed E-state index contributed by atoms with van der Waals surface area (Å²) >= 11 is 3.41. The molecule has 1 rings (SSSR count). The van der Waals surface area contributed by atoms with Crippen molar-refractivity contribution in [3.8, 4) is 5.75 Å². The van der Waals surface area contributed by atoms with Crippen LogP contribution in [0.3, 0.4) is 0 Å². The second-order valence-electron chi connectivity index (χ2n) is 6.44. The Kier molecular flexibility index (Phi) is 9.19. The quantitative estimate of drug-likeness (QED) is 0.490. The Morgan fingerprint density at radius 1 is 1.32 bits per heavy atom. The van der Waals surface area contributed by atoms with E-state index in [9.17, 15) is 15.3 Å². The van der Waals surface area contributed by atoms with Crippen LogP contribution < -0.4 is 0 Å². The topological polar surface area (TPSA) is 60.7 Å². The van der Waals surface area contributed by atoms with Gasteiger partial charge in [-0.2, -0.15) is 0 Å². The molecule has 1 unspecified atom stereocenters. The molecule has 3 nitrogen and oxygen atoms in total. The van der Waals surface area contributed by atoms with Gasteiger partial charge in [-0.05, 0) is 54.5 Å². The molecule has 0 aliphatic heterocycles. The van der Waals surface area contributed by atoms with Gasteiger partial charge in [0.25, 0.3) is 0 Å². The predicted octanol–water partition coefficient (Wildman–Crippen LogP) is 5.22. The molecule has 4 heteroatoms. The number of phenolic OH excluding ortho intramolecular Hbond substituents is 1. The molecule has 138 valence electrons. The maximum atomic E-state index is 10.5. The summed E-state index contributed by atoms with van der Waals surface area (Å²) in [5, 5.41) is 29.7. The Morgan fingerprint density at radius 2 is 2.00 bits per heavy atom. The van der Waals surface area contributed by atoms with Gasteiger partial charge in [-0.3, -0.25) is 0 Å². The van der Waals surface area contributed by atoms with Crippen LogP contribution in [-0.2, 0) is 0 Å². The van der Waals surface area contributed by atoms with Crippen molar-refractivity contribution in [3.63, 3.8) is 0 Å². The van der Waals surface area contributed by atoms with Gasteiger partial charge >= 0.3 is 0 Å². The number of aliphatic hydroxyl groups is 2. The van der Waals surface area contributed by atoms with Gasteiger partial charge in [0.2, 0.25) is 0 Å². The first kappa shape index (κ1) is 21.7. The highest BCUT2D eigenvalue weighted by Crippen LogP contribution is 2.28. The van der Waals surface area contributed by atoms with E-state index >= 15 is 0 Å². The van der Waals surface area contributed by atoms with E-state index in [0.29, 0.717) is 12.8 Å². The highest BCUT2D eigenvalue weighted by Gasteiger charge is 2.16. The summed E-state index contributed by atoms with van der Waals surface area (Å²) in [7, 11) is 0. The fourth-order valence-electron chi connectivity index (χ4n) is 2.60. The molecule has 0 spiro atoms. The monoisotopic (exact) mass is 408 g/mol. The number of aromatic hydroxyl groups is 1. The number of hydrogen-bond donors (Lipinski definition) is 3. The van der Waals surface area contributed by atoms with Crippen molar-refractivity contribution in [3.05, 3.63) is 57.6 Å². The summed E-state index contributed by atoms with van der Waals surface area (Å²) in [6.07, 6.45) is 5.04. The van der Waals surface area contributed by atoms with E-state index in [2.05, 4.69) is 29.4 Å². The number of aliphatic hydroxyl groups excluding tert-OH is 2. The van der Waals surface area contributed by atoms with Gasteiger partial charge in [-0.25, -0.2) is 0 Å². The first-order chi connectivity index (χ1) is 11.8. The van der Waals surface area contributed by atoms with E-state index in [-0.39, 0.29) is 18.3 Å². The molecule has 3 N–H and O–H groups in total. The average Bonchev–Trinajstić information content (AvgIpc) is 2.58. The van der Waals surface area contributed by atoms with Crippen LogP contribution in [0.15, 0.2) is 52.0 Å². The molecular formula is C21H29BrO3. The lowest BCUT2D eigenvalue weighted by molar-refractivity contribution is 0.199. The van der Waals surface area contributed by atoms with Crippen molar-refractivity contribution in [2.24, 2.45) is 5.92 Å². The molecule has 1 atom stereocenters. The molecule has 0 saturated heterocycles. The van der Waals surface area contributed by atoms with E-state index in [0.717, 1.165) is 33.2 Å². The Labute approximate surface area is 159 Å². The molecule has 0 aromatic heterocycles. The summed E-state index contributed by atoms with van der Waals surface area (Å²) in [5.74, 6) is 0.455. The average molecular weight is 409 g/mol. The lowest BCUT2D eigenvalue weighted by Gasteiger charge is -2.20. The zero-order valence-corrected chi connectivity index (χ0v) is 16.9. The zero-order chi connectivity index (χ0) is 19.0. The largest absolute Gasteiger partial charge is 0.507 e. The molecule has 0 aliphatic carbocycles. The fraction of sp³-hybridized carbons (Fsp3) is 0.429. The van der Waals surface area contributed by atoms with Gasteiger partial charge in [-0.15, -0.1) is 0 Å². The number of phenols is 1. The maximum Gasteiger partial charge on any atom is 0.122 e. The third-order valence-electron chi connectivity index (χ3n) is 4.28. The number of halogens is 1. The summed E-state index contributed by atoms with van der Waals surface area (Å²) in [4.78, 5) is 0. The van der Waals surface area contributed by atoms with Crippen LogP contribution in [-0.4, -0.2) is 28.0 Å². The zero-order valence-electron chi connectivity index (χ0n) is 15.3. The lowest BCUT2D eigenvalue weighted by Crippen LogP contribution is -2.15. The number of hydrogen-bond acceptors (Lipinski definition) is 3. The third kappa shape index (κ3) is 6.81. The molecule has 0 amide bonds. The van der Waals surface area contributed by atoms with E-state index < -0.39 is 6.10 Å². The van der Waals surface area contributed by atoms with Crippen molar-refractivity contribution in [2.75, 3.05) is 6.61 Å². The van der Waals surface area contributed by atoms with Gasteiger partial charge in [-0.1, -0.05) is 61.0 Å². The predicted molar refractivity (Wildman–Crippen MR) is 108 cm³/mol. The third-order valence-corrected chi connectivity index (χ3v) is 4.77. The Hall–Kier alpha value is -1.36. The van der Waals surface area contributed by atoms with Gasteiger partial charge < -0.3 is 15.3 Å². The first-order valence-electron chi connectivity index (χ1n) is 8.66. The first-order valence-corrected chi connectivity index (χ1v) is 9.45. The smallest absolute Gasteiger partial charge is 0.122 e. The number of allylic oxidation sites excluding steroid dienone is 1. The van der Waals surface area contributed by atoms with Crippen molar-refractivity contribution in [1.82, 2.24) is 0 Å². The van der Waals surface area contributed by atoms with E-state index in [1.54, 1.807) is 18.2 Å². The minimum absolute atomic E-state index is 0.111. The van der Waals surface area contributed by atoms with Crippen molar-refractivity contribution < 1.29 is 15.3 Å². The van der Waals surface area contributed by atoms with E-state index in [1.807, 2.05) is 26.0 Å². The van der Waals surface area contributed by atoms with Gasteiger partial charge in [0, 0.05) is 10.0 Å². The minimum Gasteiger partial charge on any atom is -0.507 e. The lowest BCUT2D eigenvalue weighted by atomic mass is 9.89. The molecular weight excluding hydrogens is 380 g/mol. The van der Waals surface area contributed by atoms with Crippen LogP contribution in [0.2, 0.25) is 0 Å². The van der Waals surface area contributed by atoms with Crippen LogP contribution in [0.5, 0.6) is 5.75 Å². The Morgan fingerprint density at radius 3 is 2.56 bits per heavy atom. The molecule has 25 heavy (non-hydrogen) atoms. The van der Waals surface area contributed by atoms with Crippen LogP contribution in [0.1, 0.15) is 45.6 Å². The Balaban J connectivity index is 2.88. The molecule has 1 aromatic carbocycles. The van der Waals surface area contributed by atoms with E-state index in [4.69, 9.17) is 0 Å². The number of benzene rings is 1. The molecule has 0 aliphatic rings. The SMILES string of the molecule is C=C(/C(=C/CO)C(O)CC/C(=C/c1cc(Br)ccc1O)CC)C(C)C. The number of rotatable bonds is 9. The van der Waals surface area contributed by atoms with Gasteiger partial charge in [0.05, 0.1) is 12.7 Å². The van der Waals surface area contributed by atoms with Crippen LogP contribution >= 0.6 is 15.9 Å². The normalized spacial score (nSPS) is 14.0. The van der Waals surface area contributed by atoms with E-state index in [1.165, 1.54) is 0 Å². The molecule has 0 heterocycles. The van der Waals surface area contributed by atoms with Crippen LogP contribution in [0, 0.1) is 5.92 Å². The molecule has 0 saturated carbocycles. The highest BCUT2D eigenvalue weighted by molar-refractivity contribution is 9.10. The highest BCUT2D eigenvalue weighted by atomic mass is 79.9. The van der Waals surface area contributed by atoms with Crippen molar-refractivity contribution in [2.45, 2.75) is 46.1 Å². The maximum absolute atomic E-state index is 10.5. The summed E-state index contributed by atoms with van der Waals surface area (Å²) in [5.41, 5.74) is 3.48. The van der Waals surface area contributed by atoms with Crippen LogP contribution in [0.25, 0.3) is 6.08 Å². The van der Waals surface area contributed by atoms with Gasteiger partial charge in [0.15, 0.2) is 0 Å². The molecule has 0 fully saturated rings. The molecule has 1 aromatic rings. The fourth-order valence-corrected chi connectivity index (χ4v) is 2.98. The summed E-state index contributed by atoms with van der Waals surface area (Å²) in [6, 6.07) is 5.33. The van der Waals surface area contributed by atoms with Crippen molar-refractivity contribution >= 4 is 22.0 Å². The second kappa shape index (κ2) is 10.6. The summed E-state index contributed by atoms with van der Waals surface area (Å²) in [6.45, 7) is 10.0. The van der Waals surface area contributed by atoms with Gasteiger partial charge in [0.1, 0.15) is 5.75 Å². The minimum atomic E-state index is -0.659. The molecule has 0 bridgehead atoms. The Bertz CT molecular complexity index is 645. The van der Waals surface area contributed by atoms with Crippen LogP contribution in [0.4, 0.5) is 0 Å². The standard InChI is InChI=1S/C21H29BrO3/c1-5-16(12-17-13-18(22)7-9-20(17)24)6-8-21(25)19(10-11-23)15(4)14(2)3/h7,9-10,12-14,21,23-25H,4-6,8,11H2,1-3H3/b16-12+,19-10-. The second-order valence-corrected chi connectivity index (χ2v) is 7.35. The summed E-state index contributed by atoms with van der Waals surface area (Å²) < 4.78 is 0.911. The molecule has 0 radical (unpaired) electrons. The van der Waals surface area contributed by atoms with Crippen molar-refractivity contribution in [1.29, 1.82) is 0 Å².